The minimum Gasteiger partial charge on any atom is -0.477 e. The van der Waals surface area contributed by atoms with Crippen molar-refractivity contribution in [3.8, 4) is 17.1 Å². The molecule has 3 aromatic rings. The summed E-state index contributed by atoms with van der Waals surface area (Å²) in [5, 5.41) is 0. The van der Waals surface area contributed by atoms with Crippen molar-refractivity contribution in [3.05, 3.63) is 64.7 Å². The number of ether oxygens (including phenoxy) is 1. The average molecular weight is 573 g/mol. The highest BCUT2D eigenvalue weighted by Crippen LogP contribution is 2.44. The fourth-order valence-corrected chi connectivity index (χ4v) is 7.81. The van der Waals surface area contributed by atoms with Crippen LogP contribution in [0.4, 0.5) is 5.95 Å². The van der Waals surface area contributed by atoms with E-state index in [9.17, 15) is 0 Å². The highest BCUT2D eigenvalue weighted by Gasteiger charge is 2.36. The molecule has 220 valence electrons. The Hall–Kier alpha value is -2.57. The molecule has 1 saturated carbocycles. The van der Waals surface area contributed by atoms with Gasteiger partial charge >= 0.3 is 0 Å². The van der Waals surface area contributed by atoms with Crippen LogP contribution in [0, 0.1) is 44.4 Å². The Kier molecular flexibility index (Phi) is 9.30. The van der Waals surface area contributed by atoms with Crippen molar-refractivity contribution >= 4 is 17.9 Å². The first-order valence-electron chi connectivity index (χ1n) is 15.4. The Morgan fingerprint density at radius 2 is 1.68 bits per heavy atom. The van der Waals surface area contributed by atoms with Gasteiger partial charge in [-0.1, -0.05) is 51.1 Å². The summed E-state index contributed by atoms with van der Waals surface area (Å²) in [5.74, 6) is 4.06. The average Bonchev–Trinajstić information content (AvgIpc) is 2.88. The molecule has 1 aliphatic heterocycles. The predicted octanol–water partition coefficient (Wildman–Crippen LogP) is 8.69. The molecule has 2 aliphatic rings. The van der Waals surface area contributed by atoms with Crippen molar-refractivity contribution in [2.75, 3.05) is 25.4 Å². The van der Waals surface area contributed by atoms with Gasteiger partial charge in [0, 0.05) is 28.0 Å². The van der Waals surface area contributed by atoms with Crippen molar-refractivity contribution < 1.29 is 4.74 Å². The molecule has 6 heteroatoms. The molecular weight excluding hydrogens is 524 g/mol. The third-order valence-electron chi connectivity index (χ3n) is 9.30. The number of benzene rings is 2. The topological polar surface area (TPSA) is 50.3 Å². The van der Waals surface area contributed by atoms with E-state index in [0.29, 0.717) is 42.1 Å². The Morgan fingerprint density at radius 1 is 0.976 bits per heavy atom. The molecule has 5 nitrogen and oxygen atoms in total. The summed E-state index contributed by atoms with van der Waals surface area (Å²) in [6, 6.07) is 16.3. The number of fused-ring (bicyclic) bond motifs is 4. The van der Waals surface area contributed by atoms with Gasteiger partial charge in [-0.05, 0) is 125 Å². The predicted molar refractivity (Wildman–Crippen MR) is 173 cm³/mol. The summed E-state index contributed by atoms with van der Waals surface area (Å²) in [7, 11) is 4.44. The normalized spacial score (nSPS) is 23.2. The molecule has 4 bridgehead atoms. The maximum absolute atomic E-state index is 6.74. The van der Waals surface area contributed by atoms with E-state index >= 15 is 0 Å². The Labute approximate surface area is 252 Å². The number of hydrogen-bond donors (Lipinski definition) is 1. The van der Waals surface area contributed by atoms with E-state index in [0.717, 1.165) is 29.6 Å². The number of hydrogen-bond acceptors (Lipinski definition) is 6. The highest BCUT2D eigenvalue weighted by atomic mass is 32.2. The van der Waals surface area contributed by atoms with Crippen molar-refractivity contribution in [1.82, 2.24) is 14.9 Å². The number of aryl methyl sites for hydroxylation is 2. The second-order valence-electron chi connectivity index (χ2n) is 13.3. The van der Waals surface area contributed by atoms with Gasteiger partial charge in [0.15, 0.2) is 0 Å². The van der Waals surface area contributed by atoms with Crippen LogP contribution in [-0.2, 0) is 0 Å². The molecule has 3 atom stereocenters. The summed E-state index contributed by atoms with van der Waals surface area (Å²) in [4.78, 5) is 13.5. The second kappa shape index (κ2) is 12.7. The number of nitrogens with one attached hydrogen (secondary N) is 1. The Balaban J connectivity index is 1.52. The molecule has 5 rings (SSSR count). The lowest BCUT2D eigenvalue weighted by atomic mass is 9.68. The van der Waals surface area contributed by atoms with E-state index in [1.165, 1.54) is 46.4 Å². The fraction of sp³-hybridized carbons (Fsp3) is 0.543. The molecule has 2 heterocycles. The molecule has 1 N–H and O–H groups in total. The zero-order valence-electron chi connectivity index (χ0n) is 26.2. The summed E-state index contributed by atoms with van der Waals surface area (Å²) in [6.07, 6.45) is 5.03. The molecular formula is C35H48N4OS. The Bertz CT molecular complexity index is 1330. The number of aromatic nitrogens is 2. The maximum atomic E-state index is 6.74. The van der Waals surface area contributed by atoms with E-state index < -0.39 is 0 Å². The summed E-state index contributed by atoms with van der Waals surface area (Å²) in [6.45, 7) is 14.2. The van der Waals surface area contributed by atoms with Gasteiger partial charge in [-0.3, -0.25) is 4.72 Å². The molecule has 0 radical (unpaired) electrons. The lowest BCUT2D eigenvalue weighted by Gasteiger charge is -2.43. The molecule has 0 saturated heterocycles. The summed E-state index contributed by atoms with van der Waals surface area (Å²) < 4.78 is 10.2. The molecule has 41 heavy (non-hydrogen) atoms. The molecule has 1 fully saturated rings. The van der Waals surface area contributed by atoms with Crippen molar-refractivity contribution in [3.63, 3.8) is 0 Å². The first-order chi connectivity index (χ1) is 19.6. The SMILES string of the molecule is Cc1cccc(C)c1-c1nc2nc(c1C)OCC(CC(C)C)C([C@@H](C)CC1CC(N(C)C)C1)c1cccc(c1)SN2. The first-order valence-corrected chi connectivity index (χ1v) is 16.2. The third-order valence-corrected chi connectivity index (χ3v) is 10.1. The van der Waals surface area contributed by atoms with Gasteiger partial charge in [-0.15, -0.1) is 0 Å². The third kappa shape index (κ3) is 6.75. The van der Waals surface area contributed by atoms with E-state index in [4.69, 9.17) is 14.7 Å². The van der Waals surface area contributed by atoms with Crippen LogP contribution in [0.25, 0.3) is 11.3 Å². The van der Waals surface area contributed by atoms with Gasteiger partial charge in [0.05, 0.1) is 12.3 Å². The van der Waals surface area contributed by atoms with Crippen LogP contribution in [0.1, 0.15) is 74.6 Å². The maximum Gasteiger partial charge on any atom is 0.237 e. The first kappa shape index (κ1) is 29.9. The van der Waals surface area contributed by atoms with E-state index in [1.807, 2.05) is 0 Å². The van der Waals surface area contributed by atoms with Crippen LogP contribution >= 0.6 is 11.9 Å². The zero-order chi connectivity index (χ0) is 29.3. The summed E-state index contributed by atoms with van der Waals surface area (Å²) in [5.41, 5.74) is 6.98. The van der Waals surface area contributed by atoms with Gasteiger partial charge in [0.25, 0.3) is 0 Å². The quantitative estimate of drug-likeness (QED) is 0.286. The molecule has 0 amide bonds. The van der Waals surface area contributed by atoms with Crippen LogP contribution < -0.4 is 9.46 Å². The molecule has 0 spiro atoms. The van der Waals surface area contributed by atoms with Crippen molar-refractivity contribution in [2.24, 2.45) is 23.7 Å². The van der Waals surface area contributed by atoms with Crippen LogP contribution in [-0.4, -0.2) is 41.6 Å². The van der Waals surface area contributed by atoms with Crippen LogP contribution in [0.3, 0.4) is 0 Å². The Morgan fingerprint density at radius 3 is 2.37 bits per heavy atom. The van der Waals surface area contributed by atoms with Gasteiger partial charge in [0.2, 0.25) is 11.8 Å². The second-order valence-corrected chi connectivity index (χ2v) is 14.1. The molecule has 1 aliphatic carbocycles. The smallest absolute Gasteiger partial charge is 0.237 e. The van der Waals surface area contributed by atoms with Crippen LogP contribution in [0.15, 0.2) is 47.4 Å². The number of anilines is 1. The minimum absolute atomic E-state index is 0.392. The van der Waals surface area contributed by atoms with Crippen molar-refractivity contribution in [1.29, 1.82) is 0 Å². The lowest BCUT2D eigenvalue weighted by Crippen LogP contribution is -2.41. The fourth-order valence-electron chi connectivity index (χ4n) is 7.17. The largest absolute Gasteiger partial charge is 0.477 e. The highest BCUT2D eigenvalue weighted by molar-refractivity contribution is 8.00. The minimum atomic E-state index is 0.392. The summed E-state index contributed by atoms with van der Waals surface area (Å²) >= 11 is 1.59. The van der Waals surface area contributed by atoms with Gasteiger partial charge < -0.3 is 9.64 Å². The number of nitrogens with zero attached hydrogens (tertiary/aromatic N) is 3. The van der Waals surface area contributed by atoms with E-state index in [2.05, 4.69) is 108 Å². The van der Waals surface area contributed by atoms with Gasteiger partial charge in [0.1, 0.15) is 0 Å². The monoisotopic (exact) mass is 572 g/mol. The zero-order valence-corrected chi connectivity index (χ0v) is 27.0. The lowest BCUT2D eigenvalue weighted by molar-refractivity contribution is 0.0912. The van der Waals surface area contributed by atoms with Gasteiger partial charge in [-0.25, -0.2) is 4.98 Å². The molecule has 2 aromatic carbocycles. The molecule has 1 aromatic heterocycles. The van der Waals surface area contributed by atoms with Crippen molar-refractivity contribution in [2.45, 2.75) is 84.1 Å². The van der Waals surface area contributed by atoms with E-state index in [-0.39, 0.29) is 0 Å². The standard InChI is InChI=1S/C35H48N4OS/c1-21(2)15-28-20-40-34-25(6)33(31-22(3)11-9-12-23(31)4)36-35(37-34)38-41-30-14-10-13-27(19-30)32(28)24(5)16-26-17-29(18-26)39(7)8/h9-14,19,21,24,26,28-29,32H,15-18,20H2,1-8H3,(H,36,37,38)/t24-,26?,28?,29?,32?/m0/s1. The van der Waals surface area contributed by atoms with Gasteiger partial charge in [-0.2, -0.15) is 4.98 Å². The number of rotatable bonds is 7. The van der Waals surface area contributed by atoms with E-state index in [1.54, 1.807) is 11.9 Å². The van der Waals surface area contributed by atoms with Crippen LogP contribution in [0.2, 0.25) is 0 Å². The van der Waals surface area contributed by atoms with Crippen LogP contribution in [0.5, 0.6) is 5.88 Å². The molecule has 2 unspecified atom stereocenters.